The van der Waals surface area contributed by atoms with E-state index in [-0.39, 0.29) is 5.78 Å². The Bertz CT molecular complexity index is 1530. The lowest BCUT2D eigenvalue weighted by Gasteiger charge is -2.30. The molecule has 0 spiro atoms. The van der Waals surface area contributed by atoms with Crippen molar-refractivity contribution in [2.24, 2.45) is 0 Å². The molecule has 0 amide bonds. The zero-order valence-corrected chi connectivity index (χ0v) is 20.7. The molecule has 1 atom stereocenters. The van der Waals surface area contributed by atoms with E-state index in [9.17, 15) is 4.79 Å². The number of carbonyl (C=O) groups is 1. The normalized spacial score (nSPS) is 13.9. The maximum Gasteiger partial charge on any atom is 0.163 e. The zero-order chi connectivity index (χ0) is 24.9. The van der Waals surface area contributed by atoms with Crippen molar-refractivity contribution in [1.29, 1.82) is 0 Å². The van der Waals surface area contributed by atoms with E-state index in [1.54, 1.807) is 6.92 Å². The van der Waals surface area contributed by atoms with Gasteiger partial charge in [-0.3, -0.25) is 9.78 Å². The van der Waals surface area contributed by atoms with Gasteiger partial charge in [0.2, 0.25) is 0 Å². The minimum atomic E-state index is -0.747. The fourth-order valence-corrected chi connectivity index (χ4v) is 4.93. The van der Waals surface area contributed by atoms with Gasteiger partial charge in [-0.2, -0.15) is 0 Å². The Morgan fingerprint density at radius 2 is 2.00 bits per heavy atom. The summed E-state index contributed by atoms with van der Waals surface area (Å²) in [7, 11) is 0. The number of rotatable bonds is 4. The van der Waals surface area contributed by atoms with Gasteiger partial charge in [0.25, 0.3) is 0 Å². The maximum absolute atomic E-state index is 13.0. The van der Waals surface area contributed by atoms with Gasteiger partial charge in [0.05, 0.1) is 23.2 Å². The monoisotopic (exact) mass is 464 g/mol. The summed E-state index contributed by atoms with van der Waals surface area (Å²) >= 11 is 0. The average Bonchev–Trinajstić information content (AvgIpc) is 2.82. The van der Waals surface area contributed by atoms with E-state index >= 15 is 0 Å². The van der Waals surface area contributed by atoms with Crippen LogP contribution < -0.4 is 4.74 Å². The molecule has 0 aliphatic carbocycles. The number of terminal acetylenes is 1. The molecule has 5 rings (SSSR count). The largest absolute Gasteiger partial charge is 0.493 e. The van der Waals surface area contributed by atoms with Gasteiger partial charge in [-0.15, -0.1) is 6.42 Å². The SMILES string of the molecule is C#Cc1ccc2c(-c3ccc4c5c(ccnc35)CCO4)c([C@H](OC(C)(C)C)C(C)=O)c(C)cc2n1. The molecular weight excluding hydrogens is 436 g/mol. The second-order valence-corrected chi connectivity index (χ2v) is 10.0. The molecule has 0 saturated heterocycles. The molecule has 3 heterocycles. The number of benzene rings is 2. The minimum Gasteiger partial charge on any atom is -0.493 e. The van der Waals surface area contributed by atoms with Gasteiger partial charge in [-0.05, 0) is 93.3 Å². The highest BCUT2D eigenvalue weighted by molar-refractivity contribution is 6.08. The lowest BCUT2D eigenvalue weighted by Crippen LogP contribution is -2.27. The van der Waals surface area contributed by atoms with E-state index in [4.69, 9.17) is 25.9 Å². The molecule has 2 aromatic carbocycles. The summed E-state index contributed by atoms with van der Waals surface area (Å²) < 4.78 is 12.3. The van der Waals surface area contributed by atoms with Crippen molar-refractivity contribution in [2.45, 2.75) is 52.7 Å². The minimum absolute atomic E-state index is 0.0594. The van der Waals surface area contributed by atoms with E-state index in [2.05, 4.69) is 12.0 Å². The topological polar surface area (TPSA) is 61.3 Å². The van der Waals surface area contributed by atoms with Crippen LogP contribution >= 0.6 is 0 Å². The highest BCUT2D eigenvalue weighted by atomic mass is 16.5. The number of ketones is 1. The van der Waals surface area contributed by atoms with Crippen LogP contribution in [0.15, 0.2) is 42.6 Å². The Morgan fingerprint density at radius 3 is 2.71 bits per heavy atom. The summed E-state index contributed by atoms with van der Waals surface area (Å²) in [5.74, 6) is 3.40. The number of pyridine rings is 2. The summed E-state index contributed by atoms with van der Waals surface area (Å²) in [6.45, 7) is 10.1. The van der Waals surface area contributed by atoms with Crippen molar-refractivity contribution in [3.05, 3.63) is 65.0 Å². The number of nitrogens with zero attached hydrogens (tertiary/aromatic N) is 2. The van der Waals surface area contributed by atoms with E-state index in [1.165, 1.54) is 5.56 Å². The van der Waals surface area contributed by atoms with Gasteiger partial charge in [0, 0.05) is 29.0 Å². The highest BCUT2D eigenvalue weighted by Gasteiger charge is 2.31. The van der Waals surface area contributed by atoms with Crippen LogP contribution in [-0.2, 0) is 16.0 Å². The van der Waals surface area contributed by atoms with Crippen LogP contribution in [0.1, 0.15) is 56.2 Å². The maximum atomic E-state index is 13.0. The lowest BCUT2D eigenvalue weighted by molar-refractivity contribution is -0.138. The first-order valence-electron chi connectivity index (χ1n) is 11.8. The van der Waals surface area contributed by atoms with Gasteiger partial charge in [-0.25, -0.2) is 4.98 Å². The molecule has 4 aromatic rings. The second-order valence-electron chi connectivity index (χ2n) is 10.0. The van der Waals surface area contributed by atoms with Crippen molar-refractivity contribution < 1.29 is 14.3 Å². The third-order valence-electron chi connectivity index (χ3n) is 6.33. The summed E-state index contributed by atoms with van der Waals surface area (Å²) in [6.07, 6.45) is 7.57. The number of hydrogen-bond acceptors (Lipinski definition) is 5. The van der Waals surface area contributed by atoms with Gasteiger partial charge in [0.1, 0.15) is 17.5 Å². The van der Waals surface area contributed by atoms with Crippen LogP contribution in [0.3, 0.4) is 0 Å². The first-order chi connectivity index (χ1) is 16.7. The van der Waals surface area contributed by atoms with Crippen LogP contribution in [0.4, 0.5) is 0 Å². The molecular formula is C30H28N2O3. The zero-order valence-electron chi connectivity index (χ0n) is 20.7. The van der Waals surface area contributed by atoms with Crippen LogP contribution in [0, 0.1) is 19.3 Å². The first-order valence-corrected chi connectivity index (χ1v) is 11.8. The predicted molar refractivity (Wildman–Crippen MR) is 139 cm³/mol. The molecule has 5 heteroatoms. The summed E-state index contributed by atoms with van der Waals surface area (Å²) in [6, 6.07) is 11.9. The summed E-state index contributed by atoms with van der Waals surface area (Å²) in [4.78, 5) is 22.5. The Morgan fingerprint density at radius 1 is 1.20 bits per heavy atom. The van der Waals surface area contributed by atoms with Crippen LogP contribution in [0.2, 0.25) is 0 Å². The Hall–Kier alpha value is -3.75. The molecule has 0 N–H and O–H groups in total. The molecule has 0 saturated carbocycles. The van der Waals surface area contributed by atoms with Gasteiger partial charge in [-0.1, -0.05) is 5.92 Å². The lowest BCUT2D eigenvalue weighted by atomic mass is 9.85. The first kappa shape index (κ1) is 23.0. The van der Waals surface area contributed by atoms with Crippen molar-refractivity contribution in [1.82, 2.24) is 9.97 Å². The molecule has 35 heavy (non-hydrogen) atoms. The van der Waals surface area contributed by atoms with E-state index in [0.29, 0.717) is 12.3 Å². The van der Waals surface area contributed by atoms with Crippen LogP contribution in [0.5, 0.6) is 5.75 Å². The average molecular weight is 465 g/mol. The molecule has 1 aliphatic heterocycles. The number of aryl methyl sites for hydroxylation is 1. The summed E-state index contributed by atoms with van der Waals surface area (Å²) in [5, 5.41) is 1.91. The fourth-order valence-electron chi connectivity index (χ4n) is 4.93. The predicted octanol–water partition coefficient (Wildman–Crippen LogP) is 6.12. The fraction of sp³-hybridized carbons (Fsp3) is 0.300. The van der Waals surface area contributed by atoms with Crippen molar-refractivity contribution in [2.75, 3.05) is 6.61 Å². The molecule has 0 radical (unpaired) electrons. The third-order valence-corrected chi connectivity index (χ3v) is 6.33. The number of carbonyl (C=O) groups excluding carboxylic acids is 1. The second kappa shape index (κ2) is 8.48. The molecule has 0 bridgehead atoms. The van der Waals surface area contributed by atoms with Crippen molar-refractivity contribution >= 4 is 27.6 Å². The van der Waals surface area contributed by atoms with E-state index in [1.807, 2.05) is 64.2 Å². The third kappa shape index (κ3) is 4.05. The standard InChI is InChI=1S/C30H28N2O3/c1-7-20-8-9-21-23(32-20)16-17(2)25(29(18(3)33)35-30(4,5)6)27(21)22-10-11-24-26-19(13-15-34-24)12-14-31-28(22)26/h1,8-12,14,16,29H,13,15H2,2-6H3/t29-/m1/s1. The quantitative estimate of drug-likeness (QED) is 0.341. The number of ether oxygens (including phenoxy) is 2. The number of fused-ring (bicyclic) bond motifs is 1. The molecule has 0 fully saturated rings. The van der Waals surface area contributed by atoms with E-state index < -0.39 is 11.7 Å². The molecule has 1 aliphatic rings. The van der Waals surface area contributed by atoms with Crippen molar-refractivity contribution in [3.8, 4) is 29.2 Å². The number of Topliss-reactive ketones (excluding diaryl/α,β-unsaturated/α-hetero) is 1. The Labute approximate surface area is 205 Å². The summed E-state index contributed by atoms with van der Waals surface area (Å²) in [5.41, 5.74) is 6.41. The van der Waals surface area contributed by atoms with Gasteiger partial charge >= 0.3 is 0 Å². The van der Waals surface area contributed by atoms with Crippen LogP contribution in [0.25, 0.3) is 32.9 Å². The highest BCUT2D eigenvalue weighted by Crippen LogP contribution is 2.44. The number of aromatic nitrogens is 2. The molecule has 5 nitrogen and oxygen atoms in total. The van der Waals surface area contributed by atoms with Gasteiger partial charge in [0.15, 0.2) is 5.78 Å². The molecule has 0 unspecified atom stereocenters. The molecule has 176 valence electrons. The smallest absolute Gasteiger partial charge is 0.163 e. The Balaban J connectivity index is 1.92. The van der Waals surface area contributed by atoms with E-state index in [0.717, 1.165) is 56.2 Å². The van der Waals surface area contributed by atoms with Crippen molar-refractivity contribution in [3.63, 3.8) is 0 Å². The number of hydrogen-bond donors (Lipinski definition) is 0. The Kier molecular flexibility index (Phi) is 5.57. The van der Waals surface area contributed by atoms with Crippen LogP contribution in [-0.4, -0.2) is 28.0 Å². The molecule has 2 aromatic heterocycles. The van der Waals surface area contributed by atoms with Gasteiger partial charge < -0.3 is 9.47 Å².